The summed E-state index contributed by atoms with van der Waals surface area (Å²) in [7, 11) is 0. The summed E-state index contributed by atoms with van der Waals surface area (Å²) in [6.07, 6.45) is 9.05. The van der Waals surface area contributed by atoms with Crippen LogP contribution in [0.4, 0.5) is 0 Å². The largest absolute Gasteiger partial charge is 0.293 e. The number of nitrogens with one attached hydrogen (secondary N) is 1. The molecule has 0 bridgehead atoms. The van der Waals surface area contributed by atoms with E-state index in [2.05, 4.69) is 84.2 Å². The maximum Gasteiger partial charge on any atom is 0.0891 e. The summed E-state index contributed by atoms with van der Waals surface area (Å²) in [5.74, 6) is 0. The normalized spacial score (nSPS) is 22.7. The molecule has 104 valence electrons. The molecule has 2 aliphatic rings. The minimum atomic E-state index is -0.0421. The molecule has 1 saturated heterocycles. The van der Waals surface area contributed by atoms with Gasteiger partial charge in [0.25, 0.3) is 0 Å². The van der Waals surface area contributed by atoms with Crippen LogP contribution in [0.3, 0.4) is 0 Å². The van der Waals surface area contributed by atoms with Crippen LogP contribution in [0.1, 0.15) is 24.0 Å². The van der Waals surface area contributed by atoms with Crippen LogP contribution >= 0.6 is 0 Å². The maximum absolute atomic E-state index is 3.78. The zero-order valence-electron chi connectivity index (χ0n) is 12.0. The summed E-state index contributed by atoms with van der Waals surface area (Å²) in [5.41, 5.74) is 4.19. The predicted octanol–water partition coefficient (Wildman–Crippen LogP) is 4.18. The molecular formula is C20H19N. The summed E-state index contributed by atoms with van der Waals surface area (Å²) in [6, 6.07) is 22.1. The van der Waals surface area contributed by atoms with Crippen LogP contribution in [-0.2, 0) is 5.54 Å². The lowest BCUT2D eigenvalue weighted by Gasteiger charge is -2.18. The van der Waals surface area contributed by atoms with Crippen LogP contribution < -0.4 is 5.32 Å². The molecule has 1 fully saturated rings. The van der Waals surface area contributed by atoms with Gasteiger partial charge in [0.05, 0.1) is 11.6 Å². The van der Waals surface area contributed by atoms with Crippen molar-refractivity contribution < 1.29 is 0 Å². The van der Waals surface area contributed by atoms with E-state index in [0.29, 0.717) is 6.04 Å². The fourth-order valence-electron chi connectivity index (χ4n) is 3.49. The van der Waals surface area contributed by atoms with Gasteiger partial charge in [-0.25, -0.2) is 0 Å². The Hall–Kier alpha value is -2.12. The third kappa shape index (κ3) is 2.05. The predicted molar refractivity (Wildman–Crippen MR) is 87.0 cm³/mol. The minimum Gasteiger partial charge on any atom is -0.293 e. The summed E-state index contributed by atoms with van der Waals surface area (Å²) in [6.45, 7) is 0. The average Bonchev–Trinajstić information content (AvgIpc) is 3.34. The van der Waals surface area contributed by atoms with Crippen molar-refractivity contribution >= 4 is 0 Å². The van der Waals surface area contributed by atoms with Gasteiger partial charge in [0.2, 0.25) is 0 Å². The average molecular weight is 273 g/mol. The van der Waals surface area contributed by atoms with Gasteiger partial charge in [-0.15, -0.1) is 0 Å². The molecule has 2 aromatic carbocycles. The standard InChI is InChI=1S/C20H19N/c1-4-10-16(11-5-1)19-20(21-19,17-12-6-2-7-13-17)18-14-8-3-9-15-18/h1-4,6-10,12-15,19,21H,5,11H2. The Morgan fingerprint density at radius 2 is 1.48 bits per heavy atom. The number of rotatable bonds is 3. The van der Waals surface area contributed by atoms with Crippen molar-refractivity contribution in [3.05, 3.63) is 95.6 Å². The molecule has 1 atom stereocenters. The molecule has 1 nitrogen and oxygen atoms in total. The first-order chi connectivity index (χ1) is 10.4. The molecule has 1 heteroatoms. The number of allylic oxidation sites excluding steroid dienone is 3. The van der Waals surface area contributed by atoms with E-state index >= 15 is 0 Å². The van der Waals surface area contributed by atoms with Gasteiger partial charge in [0.1, 0.15) is 0 Å². The zero-order valence-corrected chi connectivity index (χ0v) is 12.0. The number of hydrogen-bond donors (Lipinski definition) is 1. The van der Waals surface area contributed by atoms with Gasteiger partial charge in [-0.1, -0.05) is 84.5 Å². The Morgan fingerprint density at radius 1 is 0.857 bits per heavy atom. The van der Waals surface area contributed by atoms with Crippen LogP contribution in [0, 0.1) is 0 Å². The highest BCUT2D eigenvalue weighted by Crippen LogP contribution is 2.48. The molecule has 1 N–H and O–H groups in total. The van der Waals surface area contributed by atoms with Crippen molar-refractivity contribution in [1.82, 2.24) is 5.32 Å². The van der Waals surface area contributed by atoms with E-state index < -0.39 is 0 Å². The van der Waals surface area contributed by atoms with E-state index in [1.807, 2.05) is 0 Å². The van der Waals surface area contributed by atoms with E-state index in [0.717, 1.165) is 12.8 Å². The molecule has 4 rings (SSSR count). The second-order valence-corrected chi connectivity index (χ2v) is 5.83. The van der Waals surface area contributed by atoms with Crippen LogP contribution in [0.25, 0.3) is 0 Å². The highest BCUT2D eigenvalue weighted by molar-refractivity contribution is 5.52. The van der Waals surface area contributed by atoms with Crippen molar-refractivity contribution in [3.8, 4) is 0 Å². The second kappa shape index (κ2) is 5.01. The Kier molecular flexibility index (Phi) is 3.01. The third-order valence-corrected chi connectivity index (χ3v) is 4.60. The Labute approximate surface area is 126 Å². The molecule has 0 amide bonds. The lowest BCUT2D eigenvalue weighted by Crippen LogP contribution is -2.17. The highest BCUT2D eigenvalue weighted by Gasteiger charge is 2.57. The smallest absolute Gasteiger partial charge is 0.0891 e. The summed E-state index contributed by atoms with van der Waals surface area (Å²) in [5, 5.41) is 3.78. The second-order valence-electron chi connectivity index (χ2n) is 5.83. The van der Waals surface area contributed by atoms with Crippen LogP contribution in [0.15, 0.2) is 84.5 Å². The van der Waals surface area contributed by atoms with Crippen molar-refractivity contribution in [2.45, 2.75) is 24.4 Å². The van der Waals surface area contributed by atoms with Gasteiger partial charge < -0.3 is 0 Å². The van der Waals surface area contributed by atoms with E-state index in [-0.39, 0.29) is 5.54 Å². The molecule has 2 aromatic rings. The van der Waals surface area contributed by atoms with Crippen molar-refractivity contribution in [3.63, 3.8) is 0 Å². The first kappa shape index (κ1) is 12.6. The fourth-order valence-corrected chi connectivity index (χ4v) is 3.49. The fraction of sp³-hybridized carbons (Fsp3) is 0.200. The Bertz CT molecular complexity index is 643. The van der Waals surface area contributed by atoms with Gasteiger partial charge in [-0.2, -0.15) is 0 Å². The van der Waals surface area contributed by atoms with E-state index in [9.17, 15) is 0 Å². The van der Waals surface area contributed by atoms with Gasteiger partial charge in [-0.3, -0.25) is 5.32 Å². The maximum atomic E-state index is 3.78. The lowest BCUT2D eigenvalue weighted by atomic mass is 9.83. The third-order valence-electron chi connectivity index (χ3n) is 4.60. The Balaban J connectivity index is 1.79. The minimum absolute atomic E-state index is 0.0421. The van der Waals surface area contributed by atoms with Crippen LogP contribution in [-0.4, -0.2) is 6.04 Å². The SMILES string of the molecule is C1=CCCC(C2NC2(c2ccccc2)c2ccccc2)=C1. The molecule has 0 radical (unpaired) electrons. The summed E-state index contributed by atoms with van der Waals surface area (Å²) >= 11 is 0. The van der Waals surface area contributed by atoms with E-state index in [1.54, 1.807) is 0 Å². The van der Waals surface area contributed by atoms with E-state index in [4.69, 9.17) is 0 Å². The van der Waals surface area contributed by atoms with E-state index in [1.165, 1.54) is 16.7 Å². The van der Waals surface area contributed by atoms with Gasteiger partial charge in [-0.05, 0) is 24.0 Å². The lowest BCUT2D eigenvalue weighted by molar-refractivity contribution is 0.778. The summed E-state index contributed by atoms with van der Waals surface area (Å²) < 4.78 is 0. The molecule has 0 saturated carbocycles. The zero-order chi connectivity index (χ0) is 14.1. The first-order valence-corrected chi connectivity index (χ1v) is 7.65. The monoisotopic (exact) mass is 273 g/mol. The summed E-state index contributed by atoms with van der Waals surface area (Å²) in [4.78, 5) is 0. The van der Waals surface area contributed by atoms with Crippen molar-refractivity contribution in [2.24, 2.45) is 0 Å². The van der Waals surface area contributed by atoms with Crippen LogP contribution in [0.2, 0.25) is 0 Å². The first-order valence-electron chi connectivity index (χ1n) is 7.65. The topological polar surface area (TPSA) is 21.9 Å². The molecule has 0 spiro atoms. The van der Waals surface area contributed by atoms with Gasteiger partial charge >= 0.3 is 0 Å². The molecular weight excluding hydrogens is 254 g/mol. The van der Waals surface area contributed by atoms with Gasteiger partial charge in [0.15, 0.2) is 0 Å². The van der Waals surface area contributed by atoms with Crippen LogP contribution in [0.5, 0.6) is 0 Å². The molecule has 21 heavy (non-hydrogen) atoms. The number of hydrogen-bond acceptors (Lipinski definition) is 1. The van der Waals surface area contributed by atoms with Crippen molar-refractivity contribution in [2.75, 3.05) is 0 Å². The highest BCUT2D eigenvalue weighted by atomic mass is 15.2. The molecule has 1 unspecified atom stereocenters. The molecule has 1 aliphatic heterocycles. The molecule has 0 aromatic heterocycles. The molecule has 1 heterocycles. The molecule has 1 aliphatic carbocycles. The number of benzene rings is 2. The van der Waals surface area contributed by atoms with Gasteiger partial charge in [0, 0.05) is 0 Å². The quantitative estimate of drug-likeness (QED) is 0.833. The van der Waals surface area contributed by atoms with Crippen molar-refractivity contribution in [1.29, 1.82) is 0 Å². The Morgan fingerprint density at radius 3 is 2.00 bits per heavy atom.